The molecule has 19 heavy (non-hydrogen) atoms. The van der Waals surface area contributed by atoms with Gasteiger partial charge in [-0.2, -0.15) is 0 Å². The number of hydrogen-bond acceptors (Lipinski definition) is 2. The van der Waals surface area contributed by atoms with Crippen LogP contribution in [0.5, 0.6) is 0 Å². The van der Waals surface area contributed by atoms with Crippen LogP contribution in [-0.4, -0.2) is 48.9 Å². The van der Waals surface area contributed by atoms with E-state index in [-0.39, 0.29) is 5.91 Å². The second kappa shape index (κ2) is 6.25. The van der Waals surface area contributed by atoms with Crippen molar-refractivity contribution in [2.24, 2.45) is 0 Å². The smallest absolute Gasteiger partial charge is 0.253 e. The molecule has 0 saturated carbocycles. The highest BCUT2D eigenvalue weighted by molar-refractivity contribution is 9.10. The second-order valence-electron chi connectivity index (χ2n) is 5.15. The molecule has 0 aliphatic carbocycles. The van der Waals surface area contributed by atoms with Crippen LogP contribution < -0.4 is 0 Å². The predicted molar refractivity (Wildman–Crippen MR) is 81.8 cm³/mol. The maximum Gasteiger partial charge on any atom is 0.253 e. The van der Waals surface area contributed by atoms with Gasteiger partial charge in [0.1, 0.15) is 0 Å². The van der Waals surface area contributed by atoms with Gasteiger partial charge in [0.15, 0.2) is 0 Å². The summed E-state index contributed by atoms with van der Waals surface area (Å²) >= 11 is 9.36. The number of amides is 1. The zero-order valence-corrected chi connectivity index (χ0v) is 13.5. The molecule has 1 saturated heterocycles. The molecule has 1 aromatic carbocycles. The van der Waals surface area contributed by atoms with Gasteiger partial charge in [0.2, 0.25) is 0 Å². The minimum atomic E-state index is 0.0698. The Balaban J connectivity index is 2.05. The fourth-order valence-corrected chi connectivity index (χ4v) is 3.31. The molecular weight excluding hydrogens is 328 g/mol. The second-order valence-corrected chi connectivity index (χ2v) is 6.50. The number of piperidine rings is 1. The van der Waals surface area contributed by atoms with E-state index in [2.05, 4.69) is 34.9 Å². The molecular formula is C14H18BrClN2O. The van der Waals surface area contributed by atoms with E-state index in [0.29, 0.717) is 16.6 Å². The summed E-state index contributed by atoms with van der Waals surface area (Å²) in [5.74, 6) is 0.0698. The van der Waals surface area contributed by atoms with Crippen LogP contribution in [0.2, 0.25) is 5.02 Å². The molecule has 0 unspecified atom stereocenters. The molecule has 5 heteroatoms. The van der Waals surface area contributed by atoms with E-state index in [1.807, 2.05) is 11.0 Å². The topological polar surface area (TPSA) is 23.6 Å². The standard InChI is InChI=1S/C14H18BrClN2O/c1-17(2)13-3-5-18(6-4-13)14(19)10-7-11(15)9-12(16)8-10/h7-9,13H,3-6H2,1-2H3. The first kappa shape index (κ1) is 14.8. The molecule has 0 atom stereocenters. The molecule has 0 spiro atoms. The van der Waals surface area contributed by atoms with E-state index in [0.717, 1.165) is 30.4 Å². The van der Waals surface area contributed by atoms with Gasteiger partial charge in [-0.15, -0.1) is 0 Å². The van der Waals surface area contributed by atoms with Gasteiger partial charge in [-0.25, -0.2) is 0 Å². The lowest BCUT2D eigenvalue weighted by atomic mass is 10.0. The van der Waals surface area contributed by atoms with Crippen molar-refractivity contribution in [1.82, 2.24) is 9.80 Å². The molecule has 1 fully saturated rings. The third kappa shape index (κ3) is 3.71. The summed E-state index contributed by atoms with van der Waals surface area (Å²) in [6.07, 6.45) is 2.06. The molecule has 0 radical (unpaired) electrons. The van der Waals surface area contributed by atoms with Crippen molar-refractivity contribution in [2.75, 3.05) is 27.2 Å². The number of nitrogens with zero attached hydrogens (tertiary/aromatic N) is 2. The number of benzene rings is 1. The summed E-state index contributed by atoms with van der Waals surface area (Å²) in [6.45, 7) is 1.62. The Hall–Kier alpha value is -0.580. The van der Waals surface area contributed by atoms with Crippen LogP contribution in [0.1, 0.15) is 23.2 Å². The van der Waals surface area contributed by atoms with Gasteiger partial charge in [0.05, 0.1) is 0 Å². The fourth-order valence-electron chi connectivity index (χ4n) is 2.45. The summed E-state index contributed by atoms with van der Waals surface area (Å²) in [5.41, 5.74) is 0.655. The van der Waals surface area contributed by atoms with E-state index in [1.165, 1.54) is 0 Å². The van der Waals surface area contributed by atoms with Gasteiger partial charge in [0.25, 0.3) is 5.91 Å². The Labute approximate surface area is 127 Å². The van der Waals surface area contributed by atoms with Gasteiger partial charge >= 0.3 is 0 Å². The van der Waals surface area contributed by atoms with E-state index in [1.54, 1.807) is 12.1 Å². The first-order chi connectivity index (χ1) is 8.97. The number of carbonyl (C=O) groups is 1. The molecule has 0 bridgehead atoms. The summed E-state index contributed by atoms with van der Waals surface area (Å²) in [7, 11) is 4.19. The largest absolute Gasteiger partial charge is 0.339 e. The lowest BCUT2D eigenvalue weighted by Crippen LogP contribution is -2.44. The lowest BCUT2D eigenvalue weighted by molar-refractivity contribution is 0.0663. The van der Waals surface area contributed by atoms with Gasteiger partial charge < -0.3 is 9.80 Å². The van der Waals surface area contributed by atoms with Crippen molar-refractivity contribution in [1.29, 1.82) is 0 Å². The zero-order chi connectivity index (χ0) is 14.0. The number of halogens is 2. The number of rotatable bonds is 2. The molecule has 1 aromatic rings. The van der Waals surface area contributed by atoms with E-state index in [9.17, 15) is 4.79 Å². The van der Waals surface area contributed by atoms with Gasteiger partial charge in [0, 0.05) is 34.2 Å². The van der Waals surface area contributed by atoms with Crippen molar-refractivity contribution in [3.8, 4) is 0 Å². The van der Waals surface area contributed by atoms with Crippen molar-refractivity contribution in [2.45, 2.75) is 18.9 Å². The number of likely N-dealkylation sites (tertiary alicyclic amines) is 1. The molecule has 2 rings (SSSR count). The maximum atomic E-state index is 12.4. The molecule has 104 valence electrons. The van der Waals surface area contributed by atoms with Crippen LogP contribution in [0.4, 0.5) is 0 Å². The first-order valence-corrected chi connectivity index (χ1v) is 7.56. The Bertz CT molecular complexity index is 450. The Kier molecular flexibility index (Phi) is 4.87. The lowest BCUT2D eigenvalue weighted by Gasteiger charge is -2.35. The number of carbonyl (C=O) groups excluding carboxylic acids is 1. The van der Waals surface area contributed by atoms with E-state index >= 15 is 0 Å². The van der Waals surface area contributed by atoms with Gasteiger partial charge in [-0.05, 0) is 45.1 Å². The number of hydrogen-bond donors (Lipinski definition) is 0. The van der Waals surface area contributed by atoms with E-state index in [4.69, 9.17) is 11.6 Å². The van der Waals surface area contributed by atoms with Crippen LogP contribution in [0.3, 0.4) is 0 Å². The molecule has 1 amide bonds. The Morgan fingerprint density at radius 3 is 2.47 bits per heavy atom. The summed E-state index contributed by atoms with van der Waals surface area (Å²) in [5, 5.41) is 0.584. The predicted octanol–water partition coefficient (Wildman–Crippen LogP) is 3.27. The fraction of sp³-hybridized carbons (Fsp3) is 0.500. The van der Waals surface area contributed by atoms with Crippen LogP contribution in [0.15, 0.2) is 22.7 Å². The molecule has 1 aliphatic rings. The summed E-state index contributed by atoms with van der Waals surface area (Å²) in [4.78, 5) is 16.6. The maximum absolute atomic E-state index is 12.4. The van der Waals surface area contributed by atoms with Crippen LogP contribution in [0, 0.1) is 0 Å². The molecule has 3 nitrogen and oxygen atoms in total. The summed E-state index contributed by atoms with van der Waals surface area (Å²) in [6, 6.07) is 5.92. The average molecular weight is 346 g/mol. The zero-order valence-electron chi connectivity index (χ0n) is 11.2. The molecule has 1 heterocycles. The third-order valence-electron chi connectivity index (χ3n) is 3.59. The van der Waals surface area contributed by atoms with Crippen LogP contribution in [0.25, 0.3) is 0 Å². The van der Waals surface area contributed by atoms with Crippen molar-refractivity contribution in [3.05, 3.63) is 33.3 Å². The minimum Gasteiger partial charge on any atom is -0.339 e. The van der Waals surface area contributed by atoms with Crippen molar-refractivity contribution >= 4 is 33.4 Å². The summed E-state index contributed by atoms with van der Waals surface area (Å²) < 4.78 is 0.839. The average Bonchev–Trinajstić information content (AvgIpc) is 2.37. The monoisotopic (exact) mass is 344 g/mol. The van der Waals surface area contributed by atoms with Crippen LogP contribution in [-0.2, 0) is 0 Å². The highest BCUT2D eigenvalue weighted by Crippen LogP contribution is 2.22. The Morgan fingerprint density at radius 2 is 1.95 bits per heavy atom. The van der Waals surface area contributed by atoms with E-state index < -0.39 is 0 Å². The Morgan fingerprint density at radius 1 is 1.32 bits per heavy atom. The molecule has 0 aromatic heterocycles. The highest BCUT2D eigenvalue weighted by atomic mass is 79.9. The van der Waals surface area contributed by atoms with Crippen molar-refractivity contribution < 1.29 is 4.79 Å². The molecule has 1 aliphatic heterocycles. The quantitative estimate of drug-likeness (QED) is 0.821. The highest BCUT2D eigenvalue weighted by Gasteiger charge is 2.24. The molecule has 0 N–H and O–H groups in total. The normalized spacial score (nSPS) is 17.0. The van der Waals surface area contributed by atoms with Gasteiger partial charge in [-0.3, -0.25) is 4.79 Å². The SMILES string of the molecule is CN(C)C1CCN(C(=O)c2cc(Cl)cc(Br)c2)CC1. The van der Waals surface area contributed by atoms with Crippen LogP contribution >= 0.6 is 27.5 Å². The first-order valence-electron chi connectivity index (χ1n) is 6.39. The van der Waals surface area contributed by atoms with Gasteiger partial charge in [-0.1, -0.05) is 27.5 Å². The third-order valence-corrected chi connectivity index (χ3v) is 4.27. The van der Waals surface area contributed by atoms with Crippen molar-refractivity contribution in [3.63, 3.8) is 0 Å². The minimum absolute atomic E-state index is 0.0698.